The minimum atomic E-state index is -2.93. The fourth-order valence-electron chi connectivity index (χ4n) is 2.78. The smallest absolute Gasteiger partial charge is 0.387 e. The van der Waals surface area contributed by atoms with Gasteiger partial charge in [-0.2, -0.15) is 8.78 Å². The van der Waals surface area contributed by atoms with Crippen LogP contribution in [0.5, 0.6) is 5.75 Å². The lowest BCUT2D eigenvalue weighted by Crippen LogP contribution is -2.36. The second-order valence-corrected chi connectivity index (χ2v) is 6.16. The minimum absolute atomic E-state index is 0.0388. The van der Waals surface area contributed by atoms with E-state index in [1.807, 2.05) is 0 Å². The fourth-order valence-corrected chi connectivity index (χ4v) is 2.78. The molecule has 0 atom stereocenters. The highest BCUT2D eigenvalue weighted by Gasteiger charge is 2.21. The van der Waals surface area contributed by atoms with Crippen LogP contribution in [0.1, 0.15) is 32.1 Å². The molecule has 1 aliphatic rings. The normalized spacial score (nSPS) is 14.5. The van der Waals surface area contributed by atoms with Crippen LogP contribution in [0.2, 0.25) is 0 Å². The van der Waals surface area contributed by atoms with Gasteiger partial charge < -0.3 is 20.1 Å². The molecule has 1 aromatic carbocycles. The van der Waals surface area contributed by atoms with Gasteiger partial charge in [0.15, 0.2) is 6.61 Å². The maximum atomic E-state index is 12.1. The van der Waals surface area contributed by atoms with Gasteiger partial charge in [0.25, 0.3) is 5.91 Å². The Morgan fingerprint density at radius 2 is 1.74 bits per heavy atom. The summed E-state index contributed by atoms with van der Waals surface area (Å²) in [7, 11) is 0. The molecule has 1 fully saturated rings. The zero-order valence-corrected chi connectivity index (χ0v) is 14.7. The number of hydrogen-bond acceptors (Lipinski definition) is 5. The molecule has 1 aliphatic carbocycles. The molecule has 2 amide bonds. The zero-order chi connectivity index (χ0) is 19.6. The third kappa shape index (κ3) is 7.59. The van der Waals surface area contributed by atoms with Crippen molar-refractivity contribution >= 4 is 23.5 Å². The van der Waals surface area contributed by atoms with Crippen LogP contribution in [0.15, 0.2) is 24.3 Å². The maximum Gasteiger partial charge on any atom is 0.387 e. The Morgan fingerprint density at radius 3 is 2.37 bits per heavy atom. The molecule has 2 N–H and O–H groups in total. The number of esters is 1. The molecule has 1 saturated carbocycles. The molecule has 0 radical (unpaired) electrons. The summed E-state index contributed by atoms with van der Waals surface area (Å²) in [5, 5.41) is 4.97. The lowest BCUT2D eigenvalue weighted by atomic mass is 9.89. The van der Waals surface area contributed by atoms with Gasteiger partial charge in [-0.25, -0.2) is 0 Å². The van der Waals surface area contributed by atoms with E-state index in [-0.39, 0.29) is 24.1 Å². The number of amides is 2. The summed E-state index contributed by atoms with van der Waals surface area (Å²) in [6, 6.07) is 5.30. The van der Waals surface area contributed by atoms with Crippen LogP contribution in [0, 0.1) is 5.92 Å². The Balaban J connectivity index is 1.65. The molecule has 0 bridgehead atoms. The van der Waals surface area contributed by atoms with Gasteiger partial charge >= 0.3 is 12.6 Å². The van der Waals surface area contributed by atoms with Crippen molar-refractivity contribution in [3.05, 3.63) is 24.3 Å². The molecule has 2 rings (SSSR count). The average Bonchev–Trinajstić information content (AvgIpc) is 2.66. The summed E-state index contributed by atoms with van der Waals surface area (Å²) in [6.07, 6.45) is 4.80. The average molecular weight is 384 g/mol. The van der Waals surface area contributed by atoms with Crippen LogP contribution < -0.4 is 15.4 Å². The van der Waals surface area contributed by atoms with Crippen LogP contribution in [-0.4, -0.2) is 37.5 Å². The van der Waals surface area contributed by atoms with Crippen LogP contribution in [0.3, 0.4) is 0 Å². The van der Waals surface area contributed by atoms with Crippen LogP contribution in [-0.2, 0) is 19.1 Å². The van der Waals surface area contributed by atoms with Crippen molar-refractivity contribution in [2.45, 2.75) is 38.7 Å². The van der Waals surface area contributed by atoms with Gasteiger partial charge in [-0.15, -0.1) is 0 Å². The summed E-state index contributed by atoms with van der Waals surface area (Å²) in [6.45, 7) is -3.74. The number of nitrogens with one attached hydrogen (secondary N) is 2. The predicted octanol–water partition coefficient (Wildman–Crippen LogP) is 2.47. The molecular formula is C18H22F2N2O5. The standard InChI is InChI=1S/C18H22F2N2O5/c19-18(20)27-14-8-6-13(7-9-14)22-15(23)11-26-16(24)10-21-17(25)12-4-2-1-3-5-12/h6-9,12,18H,1-5,10-11H2,(H,21,25)(H,22,23). The summed E-state index contributed by atoms with van der Waals surface area (Å²) < 4.78 is 33.1. The van der Waals surface area contributed by atoms with Gasteiger partial charge in [0.1, 0.15) is 12.3 Å². The zero-order valence-electron chi connectivity index (χ0n) is 14.7. The lowest BCUT2D eigenvalue weighted by Gasteiger charge is -2.20. The number of carbonyl (C=O) groups excluding carboxylic acids is 3. The first-order valence-electron chi connectivity index (χ1n) is 8.72. The lowest BCUT2D eigenvalue weighted by molar-refractivity contribution is -0.147. The summed E-state index contributed by atoms with van der Waals surface area (Å²) in [4.78, 5) is 35.3. The van der Waals surface area contributed by atoms with E-state index in [1.165, 1.54) is 24.3 Å². The Bertz CT molecular complexity index is 646. The van der Waals surface area contributed by atoms with Crippen molar-refractivity contribution in [3.8, 4) is 5.75 Å². The molecule has 0 unspecified atom stereocenters. The Hall–Kier alpha value is -2.71. The van der Waals surface area contributed by atoms with Crippen molar-refractivity contribution in [3.63, 3.8) is 0 Å². The number of hydrogen-bond donors (Lipinski definition) is 2. The van der Waals surface area contributed by atoms with E-state index in [9.17, 15) is 23.2 Å². The third-order valence-electron chi connectivity index (χ3n) is 4.11. The molecule has 0 heterocycles. The first kappa shape index (κ1) is 20.6. The fraction of sp³-hybridized carbons (Fsp3) is 0.500. The van der Waals surface area contributed by atoms with Crippen molar-refractivity contribution < 1.29 is 32.6 Å². The summed E-state index contributed by atoms with van der Waals surface area (Å²) >= 11 is 0. The van der Waals surface area contributed by atoms with Crippen molar-refractivity contribution in [1.29, 1.82) is 0 Å². The number of rotatable bonds is 8. The molecule has 0 saturated heterocycles. The predicted molar refractivity (Wildman–Crippen MR) is 92.2 cm³/mol. The quantitative estimate of drug-likeness (QED) is 0.672. The van der Waals surface area contributed by atoms with Crippen LogP contribution >= 0.6 is 0 Å². The highest BCUT2D eigenvalue weighted by molar-refractivity contribution is 5.93. The van der Waals surface area contributed by atoms with Crippen molar-refractivity contribution in [1.82, 2.24) is 5.32 Å². The number of halogens is 2. The van der Waals surface area contributed by atoms with E-state index >= 15 is 0 Å². The molecule has 1 aromatic rings. The Labute approximate surface area is 155 Å². The second-order valence-electron chi connectivity index (χ2n) is 6.16. The van der Waals surface area contributed by atoms with Crippen LogP contribution in [0.25, 0.3) is 0 Å². The highest BCUT2D eigenvalue weighted by Crippen LogP contribution is 2.23. The highest BCUT2D eigenvalue weighted by atomic mass is 19.3. The third-order valence-corrected chi connectivity index (χ3v) is 4.11. The maximum absolute atomic E-state index is 12.1. The summed E-state index contributed by atoms with van der Waals surface area (Å²) in [5.74, 6) is -1.57. The molecule has 27 heavy (non-hydrogen) atoms. The van der Waals surface area contributed by atoms with E-state index in [0.717, 1.165) is 32.1 Å². The van der Waals surface area contributed by atoms with E-state index in [2.05, 4.69) is 15.4 Å². The first-order chi connectivity index (χ1) is 12.9. The van der Waals surface area contributed by atoms with E-state index in [4.69, 9.17) is 4.74 Å². The Kier molecular flexibility index (Phi) is 7.97. The number of carbonyl (C=O) groups is 3. The van der Waals surface area contributed by atoms with Gasteiger partial charge in [-0.05, 0) is 37.1 Å². The van der Waals surface area contributed by atoms with Crippen molar-refractivity contribution in [2.24, 2.45) is 5.92 Å². The Morgan fingerprint density at radius 1 is 1.07 bits per heavy atom. The van der Waals surface area contributed by atoms with E-state index in [1.54, 1.807) is 0 Å². The first-order valence-corrected chi connectivity index (χ1v) is 8.72. The van der Waals surface area contributed by atoms with Crippen molar-refractivity contribution in [2.75, 3.05) is 18.5 Å². The molecule has 0 aliphatic heterocycles. The topological polar surface area (TPSA) is 93.7 Å². The number of ether oxygens (including phenoxy) is 2. The monoisotopic (exact) mass is 384 g/mol. The SMILES string of the molecule is O=C(COC(=O)CNC(=O)C1CCCCC1)Nc1ccc(OC(F)F)cc1. The molecular weight excluding hydrogens is 362 g/mol. The van der Waals surface area contributed by atoms with Gasteiger partial charge in [0.2, 0.25) is 5.91 Å². The number of alkyl halides is 2. The minimum Gasteiger partial charge on any atom is -0.454 e. The molecule has 7 nitrogen and oxygen atoms in total. The molecule has 0 aromatic heterocycles. The second kappa shape index (κ2) is 10.4. The van der Waals surface area contributed by atoms with Gasteiger partial charge in [0.05, 0.1) is 0 Å². The van der Waals surface area contributed by atoms with Crippen LogP contribution in [0.4, 0.5) is 14.5 Å². The molecule has 9 heteroatoms. The summed E-state index contributed by atoms with van der Waals surface area (Å²) in [5.41, 5.74) is 0.336. The molecule has 148 valence electrons. The van der Waals surface area contributed by atoms with Gasteiger partial charge in [0, 0.05) is 11.6 Å². The van der Waals surface area contributed by atoms with E-state index in [0.29, 0.717) is 5.69 Å². The van der Waals surface area contributed by atoms with Gasteiger partial charge in [-0.3, -0.25) is 14.4 Å². The largest absolute Gasteiger partial charge is 0.454 e. The number of anilines is 1. The van der Waals surface area contributed by atoms with E-state index < -0.39 is 25.1 Å². The molecule has 0 spiro atoms. The van der Waals surface area contributed by atoms with Gasteiger partial charge in [-0.1, -0.05) is 19.3 Å². The number of benzene rings is 1.